The van der Waals surface area contributed by atoms with Crippen LogP contribution in [0.25, 0.3) is 0 Å². The first-order valence-corrected chi connectivity index (χ1v) is 7.63. The minimum atomic E-state index is 0.0952. The van der Waals surface area contributed by atoms with Crippen LogP contribution in [-0.4, -0.2) is 6.04 Å². The van der Waals surface area contributed by atoms with E-state index in [9.17, 15) is 0 Å². The topological polar surface area (TPSA) is 35.2 Å². The summed E-state index contributed by atoms with van der Waals surface area (Å²) < 4.78 is 6.93. The summed E-state index contributed by atoms with van der Waals surface area (Å²) in [6.45, 7) is 2.48. The van der Waals surface area contributed by atoms with Gasteiger partial charge in [0.05, 0.1) is 0 Å². The third kappa shape index (κ3) is 4.51. The van der Waals surface area contributed by atoms with Crippen LogP contribution in [-0.2, 0) is 13.0 Å². The van der Waals surface area contributed by atoms with Gasteiger partial charge in [0.2, 0.25) is 0 Å². The fraction of sp³-hybridized carbons (Fsp3) is 0.250. The molecule has 2 aromatic carbocycles. The van der Waals surface area contributed by atoms with Gasteiger partial charge < -0.3 is 10.5 Å². The summed E-state index contributed by atoms with van der Waals surface area (Å²) >= 11 is 9.45. The lowest BCUT2D eigenvalue weighted by molar-refractivity contribution is 0.302. The van der Waals surface area contributed by atoms with Crippen molar-refractivity contribution < 1.29 is 4.74 Å². The Hall–Kier alpha value is -1.03. The summed E-state index contributed by atoms with van der Waals surface area (Å²) in [5, 5.41) is 0.720. The predicted octanol–water partition coefficient (Wildman–Crippen LogP) is 4.57. The van der Waals surface area contributed by atoms with Crippen molar-refractivity contribution in [2.45, 2.75) is 26.0 Å². The van der Waals surface area contributed by atoms with E-state index in [-0.39, 0.29) is 6.04 Å². The minimum absolute atomic E-state index is 0.0952. The van der Waals surface area contributed by atoms with Crippen molar-refractivity contribution in [3.05, 3.63) is 63.1 Å². The molecule has 0 spiro atoms. The van der Waals surface area contributed by atoms with E-state index < -0.39 is 0 Å². The molecule has 2 aromatic rings. The Balaban J connectivity index is 2.12. The maximum atomic E-state index is 5.97. The molecule has 4 heteroatoms. The standard InChI is InChI=1S/C16H17BrClNO/c1-11(19)7-13-9-14(17)5-6-16(13)20-10-12-3-2-4-15(18)8-12/h2-6,8-9,11H,7,10,19H2,1H3. The van der Waals surface area contributed by atoms with Crippen LogP contribution in [0.2, 0.25) is 5.02 Å². The summed E-state index contributed by atoms with van der Waals surface area (Å²) in [6.07, 6.45) is 0.782. The Bertz CT molecular complexity index is 586. The molecule has 106 valence electrons. The molecule has 0 saturated heterocycles. The highest BCUT2D eigenvalue weighted by Crippen LogP contribution is 2.25. The van der Waals surface area contributed by atoms with Gasteiger partial charge in [0.1, 0.15) is 12.4 Å². The van der Waals surface area contributed by atoms with Crippen molar-refractivity contribution in [3.8, 4) is 5.75 Å². The summed E-state index contributed by atoms with van der Waals surface area (Å²) in [4.78, 5) is 0. The Labute approximate surface area is 133 Å². The zero-order chi connectivity index (χ0) is 14.5. The largest absolute Gasteiger partial charge is 0.489 e. The van der Waals surface area contributed by atoms with E-state index in [2.05, 4.69) is 22.0 Å². The molecule has 0 bridgehead atoms. The van der Waals surface area contributed by atoms with E-state index in [1.54, 1.807) is 0 Å². The summed E-state index contributed by atoms with van der Waals surface area (Å²) in [5.74, 6) is 0.866. The highest BCUT2D eigenvalue weighted by molar-refractivity contribution is 9.10. The van der Waals surface area contributed by atoms with Crippen molar-refractivity contribution in [1.82, 2.24) is 0 Å². The van der Waals surface area contributed by atoms with Gasteiger partial charge in [-0.25, -0.2) is 0 Å². The quantitative estimate of drug-likeness (QED) is 0.853. The SMILES string of the molecule is CC(N)Cc1cc(Br)ccc1OCc1cccc(Cl)c1. The lowest BCUT2D eigenvalue weighted by Crippen LogP contribution is -2.18. The number of hydrogen-bond acceptors (Lipinski definition) is 2. The molecule has 1 unspecified atom stereocenters. The molecule has 0 aliphatic carbocycles. The first-order valence-electron chi connectivity index (χ1n) is 6.46. The molecule has 20 heavy (non-hydrogen) atoms. The second kappa shape index (κ2) is 7.11. The Kier molecular flexibility index (Phi) is 5.46. The van der Waals surface area contributed by atoms with Crippen LogP contribution >= 0.6 is 27.5 Å². The van der Waals surface area contributed by atoms with Crippen molar-refractivity contribution >= 4 is 27.5 Å². The second-order valence-electron chi connectivity index (χ2n) is 4.85. The van der Waals surface area contributed by atoms with E-state index >= 15 is 0 Å². The van der Waals surface area contributed by atoms with Gasteiger partial charge in [-0.1, -0.05) is 39.7 Å². The van der Waals surface area contributed by atoms with Crippen molar-refractivity contribution in [3.63, 3.8) is 0 Å². The van der Waals surface area contributed by atoms with Crippen LogP contribution < -0.4 is 10.5 Å². The fourth-order valence-electron chi connectivity index (χ4n) is 1.98. The first-order chi connectivity index (χ1) is 9.54. The molecule has 0 saturated carbocycles. The average Bonchev–Trinajstić information content (AvgIpc) is 2.37. The zero-order valence-corrected chi connectivity index (χ0v) is 13.6. The van der Waals surface area contributed by atoms with Crippen LogP contribution in [0.5, 0.6) is 5.75 Å². The lowest BCUT2D eigenvalue weighted by atomic mass is 10.1. The van der Waals surface area contributed by atoms with Crippen LogP contribution in [0.3, 0.4) is 0 Å². The van der Waals surface area contributed by atoms with Gasteiger partial charge in [0.15, 0.2) is 0 Å². The van der Waals surface area contributed by atoms with Crippen molar-refractivity contribution in [1.29, 1.82) is 0 Å². The Morgan fingerprint density at radius 1 is 1.25 bits per heavy atom. The van der Waals surface area contributed by atoms with Crippen LogP contribution in [0.4, 0.5) is 0 Å². The molecular formula is C16H17BrClNO. The van der Waals surface area contributed by atoms with E-state index in [1.807, 2.05) is 43.3 Å². The molecule has 2 nitrogen and oxygen atoms in total. The number of nitrogens with two attached hydrogens (primary N) is 1. The third-order valence-electron chi connectivity index (χ3n) is 2.85. The number of benzene rings is 2. The monoisotopic (exact) mass is 353 g/mol. The third-order valence-corrected chi connectivity index (χ3v) is 3.58. The highest BCUT2D eigenvalue weighted by Gasteiger charge is 2.07. The molecule has 2 rings (SSSR count). The maximum Gasteiger partial charge on any atom is 0.123 e. The number of ether oxygens (including phenoxy) is 1. The van der Waals surface area contributed by atoms with Gasteiger partial charge in [0.25, 0.3) is 0 Å². The first kappa shape index (κ1) is 15.4. The molecule has 0 aliphatic rings. The molecular weight excluding hydrogens is 338 g/mol. The second-order valence-corrected chi connectivity index (χ2v) is 6.20. The van der Waals surface area contributed by atoms with E-state index in [0.717, 1.165) is 32.8 Å². The van der Waals surface area contributed by atoms with Gasteiger partial charge in [-0.15, -0.1) is 0 Å². The molecule has 1 atom stereocenters. The van der Waals surface area contributed by atoms with Gasteiger partial charge in [-0.05, 0) is 54.8 Å². The van der Waals surface area contributed by atoms with Gasteiger partial charge >= 0.3 is 0 Å². The normalized spacial score (nSPS) is 12.2. The van der Waals surface area contributed by atoms with Gasteiger partial charge in [-0.2, -0.15) is 0 Å². The Morgan fingerprint density at radius 2 is 2.05 bits per heavy atom. The molecule has 0 amide bonds. The molecule has 0 heterocycles. The molecule has 0 aliphatic heterocycles. The fourth-order valence-corrected chi connectivity index (χ4v) is 2.60. The highest BCUT2D eigenvalue weighted by atomic mass is 79.9. The minimum Gasteiger partial charge on any atom is -0.489 e. The van der Waals surface area contributed by atoms with Crippen LogP contribution in [0, 0.1) is 0 Å². The van der Waals surface area contributed by atoms with E-state index in [4.69, 9.17) is 22.1 Å². The van der Waals surface area contributed by atoms with Gasteiger partial charge in [-0.3, -0.25) is 0 Å². The summed E-state index contributed by atoms with van der Waals surface area (Å²) in [7, 11) is 0. The van der Waals surface area contributed by atoms with E-state index in [0.29, 0.717) is 6.61 Å². The van der Waals surface area contributed by atoms with Crippen molar-refractivity contribution in [2.24, 2.45) is 5.73 Å². The van der Waals surface area contributed by atoms with E-state index in [1.165, 1.54) is 0 Å². The zero-order valence-electron chi connectivity index (χ0n) is 11.3. The molecule has 0 radical (unpaired) electrons. The lowest BCUT2D eigenvalue weighted by Gasteiger charge is -2.14. The smallest absolute Gasteiger partial charge is 0.123 e. The van der Waals surface area contributed by atoms with Gasteiger partial charge in [0, 0.05) is 15.5 Å². The Morgan fingerprint density at radius 3 is 2.75 bits per heavy atom. The summed E-state index contributed by atoms with van der Waals surface area (Å²) in [6, 6.07) is 13.8. The maximum absolute atomic E-state index is 5.97. The molecule has 2 N–H and O–H groups in total. The van der Waals surface area contributed by atoms with Crippen LogP contribution in [0.1, 0.15) is 18.1 Å². The molecule has 0 aromatic heterocycles. The van der Waals surface area contributed by atoms with Crippen molar-refractivity contribution in [2.75, 3.05) is 0 Å². The average molecular weight is 355 g/mol. The predicted molar refractivity (Wildman–Crippen MR) is 87.3 cm³/mol. The number of halogens is 2. The number of hydrogen-bond donors (Lipinski definition) is 1. The number of rotatable bonds is 5. The van der Waals surface area contributed by atoms with Crippen LogP contribution in [0.15, 0.2) is 46.9 Å². The summed E-state index contributed by atoms with van der Waals surface area (Å²) in [5.41, 5.74) is 8.04. The molecule has 0 fully saturated rings.